The lowest BCUT2D eigenvalue weighted by Gasteiger charge is -2.15. The first-order valence-electron chi connectivity index (χ1n) is 23.0. The summed E-state index contributed by atoms with van der Waals surface area (Å²) < 4.78 is 0. The van der Waals surface area contributed by atoms with E-state index in [0.29, 0.717) is 0 Å². The predicted octanol–water partition coefficient (Wildman–Crippen LogP) is 14.6. The van der Waals surface area contributed by atoms with Crippen molar-refractivity contribution in [3.8, 4) is 0 Å². The number of anilines is 2. The van der Waals surface area contributed by atoms with Gasteiger partial charge in [-0.25, -0.2) is 0 Å². The number of rotatable bonds is 24. The molecule has 0 atom stereocenters. The largest absolute Gasteiger partial charge is 0.399 e. The zero-order valence-electron chi connectivity index (χ0n) is 36.3. The van der Waals surface area contributed by atoms with Gasteiger partial charge in [0.15, 0.2) is 0 Å². The van der Waals surface area contributed by atoms with Gasteiger partial charge in [0.05, 0.1) is 0 Å². The normalized spacial score (nSPS) is 11.3. The van der Waals surface area contributed by atoms with Crippen LogP contribution >= 0.6 is 0 Å². The summed E-state index contributed by atoms with van der Waals surface area (Å²) in [6.07, 6.45) is 23.0. The van der Waals surface area contributed by atoms with Crippen molar-refractivity contribution in [2.24, 2.45) is 0 Å². The molecule has 0 saturated heterocycles. The van der Waals surface area contributed by atoms with Gasteiger partial charge in [-0.3, -0.25) is 0 Å². The van der Waals surface area contributed by atoms with Crippen molar-refractivity contribution >= 4 is 11.4 Å². The van der Waals surface area contributed by atoms with Crippen LogP contribution in [0.1, 0.15) is 158 Å². The second kappa shape index (κ2) is 23.5. The van der Waals surface area contributed by atoms with E-state index < -0.39 is 0 Å². The highest BCUT2D eigenvalue weighted by atomic mass is 14.5. The molecule has 0 aliphatic rings. The number of nitrogen functional groups attached to an aromatic ring is 2. The third-order valence-electron chi connectivity index (χ3n) is 12.2. The Morgan fingerprint density at radius 3 is 0.898 bits per heavy atom. The van der Waals surface area contributed by atoms with Gasteiger partial charge in [0.1, 0.15) is 0 Å². The topological polar surface area (TPSA) is 52.0 Å². The number of aryl methyl sites for hydroxylation is 2. The Hall–Kier alpha value is -5.08. The molecule has 4 N–H and O–H groups in total. The lowest BCUT2D eigenvalue weighted by molar-refractivity contribution is 0.606. The molecular weight excluding hydrogens is 713 g/mol. The fourth-order valence-corrected chi connectivity index (χ4v) is 8.55. The number of benzene rings is 6. The van der Waals surface area contributed by atoms with Gasteiger partial charge in [-0.1, -0.05) is 187 Å². The van der Waals surface area contributed by atoms with Gasteiger partial charge in [-0.05, 0) is 149 Å². The minimum Gasteiger partial charge on any atom is -0.399 e. The van der Waals surface area contributed by atoms with Gasteiger partial charge in [0.25, 0.3) is 0 Å². The van der Waals surface area contributed by atoms with E-state index in [9.17, 15) is 0 Å². The zero-order chi connectivity index (χ0) is 41.1. The maximum atomic E-state index is 5.92. The third-order valence-corrected chi connectivity index (χ3v) is 12.2. The van der Waals surface area contributed by atoms with E-state index in [4.69, 9.17) is 11.5 Å². The van der Waals surface area contributed by atoms with Crippen LogP contribution in [0.4, 0.5) is 11.4 Å². The van der Waals surface area contributed by atoms with Crippen molar-refractivity contribution < 1.29 is 0 Å². The van der Waals surface area contributed by atoms with Crippen LogP contribution in [-0.4, -0.2) is 0 Å². The van der Waals surface area contributed by atoms with Crippen LogP contribution in [0.5, 0.6) is 0 Å². The molecule has 59 heavy (non-hydrogen) atoms. The third kappa shape index (κ3) is 14.6. The van der Waals surface area contributed by atoms with E-state index in [1.165, 1.54) is 144 Å². The Morgan fingerprint density at radius 1 is 0.271 bits per heavy atom. The van der Waals surface area contributed by atoms with Gasteiger partial charge >= 0.3 is 0 Å². The van der Waals surface area contributed by atoms with E-state index in [1.807, 2.05) is 24.3 Å². The number of hydrogen-bond acceptors (Lipinski definition) is 2. The average Bonchev–Trinajstić information content (AvgIpc) is 3.25. The second-order valence-corrected chi connectivity index (χ2v) is 17.2. The van der Waals surface area contributed by atoms with Crippen LogP contribution < -0.4 is 11.5 Å². The fraction of sp³-hybridized carbons (Fsp3) is 0.368. The number of unbranched alkanes of at least 4 members (excludes halogenated alkanes) is 10. The van der Waals surface area contributed by atoms with Gasteiger partial charge in [0.2, 0.25) is 0 Å². The van der Waals surface area contributed by atoms with Crippen molar-refractivity contribution in [3.05, 3.63) is 200 Å². The molecule has 6 rings (SSSR count). The molecule has 6 aromatic carbocycles. The van der Waals surface area contributed by atoms with Crippen molar-refractivity contribution in [1.82, 2.24) is 0 Å². The van der Waals surface area contributed by atoms with Crippen LogP contribution in [0.3, 0.4) is 0 Å². The minimum absolute atomic E-state index is 0.818. The standard InChI is InChI=1S/C57H70N2/c1-3-5-7-9-11-13-15-52-42-50(25-31-54(52)40-48-21-17-44(18-22-48)37-46-27-33-56(58)34-28-46)39-51-26-32-55(53(43-51)16-14-12-10-8-6-4-2)41-49-23-19-45(20-24-49)38-47-29-35-57(59)36-30-47/h17-36,42-43H,3-16,37-41,58-59H2,1-2H3. The lowest BCUT2D eigenvalue weighted by Crippen LogP contribution is -2.02. The summed E-state index contributed by atoms with van der Waals surface area (Å²) in [6.45, 7) is 4.60. The summed E-state index contributed by atoms with van der Waals surface area (Å²) in [5.74, 6) is 0. The highest BCUT2D eigenvalue weighted by molar-refractivity contribution is 5.44. The Morgan fingerprint density at radius 2 is 0.542 bits per heavy atom. The van der Waals surface area contributed by atoms with Crippen molar-refractivity contribution in [1.29, 1.82) is 0 Å². The Bertz CT molecular complexity index is 1950. The summed E-state index contributed by atoms with van der Waals surface area (Å²) in [4.78, 5) is 0. The smallest absolute Gasteiger partial charge is 0.0314 e. The van der Waals surface area contributed by atoms with Crippen LogP contribution in [0.25, 0.3) is 0 Å². The molecule has 2 nitrogen and oxygen atoms in total. The molecule has 0 saturated carbocycles. The SMILES string of the molecule is CCCCCCCCc1cc(Cc2ccc(Cc3ccc(Cc4ccc(N)cc4)cc3)c(CCCCCCCC)c2)ccc1Cc1ccc(Cc2ccc(N)cc2)cc1. The molecule has 2 heteroatoms. The summed E-state index contributed by atoms with van der Waals surface area (Å²) in [5, 5.41) is 0. The summed E-state index contributed by atoms with van der Waals surface area (Å²) >= 11 is 0. The van der Waals surface area contributed by atoms with Crippen LogP contribution in [0.2, 0.25) is 0 Å². The molecule has 0 fully saturated rings. The van der Waals surface area contributed by atoms with Gasteiger partial charge in [0, 0.05) is 11.4 Å². The van der Waals surface area contributed by atoms with Gasteiger partial charge < -0.3 is 11.5 Å². The summed E-state index contributed by atoms with van der Waals surface area (Å²) in [7, 11) is 0. The number of hydrogen-bond donors (Lipinski definition) is 2. The second-order valence-electron chi connectivity index (χ2n) is 17.2. The van der Waals surface area contributed by atoms with Crippen molar-refractivity contribution in [3.63, 3.8) is 0 Å². The van der Waals surface area contributed by atoms with E-state index in [2.05, 4.69) is 123 Å². The molecular formula is C57H70N2. The van der Waals surface area contributed by atoms with E-state index in [1.54, 1.807) is 0 Å². The lowest BCUT2D eigenvalue weighted by atomic mass is 9.90. The molecule has 0 heterocycles. The summed E-state index contributed by atoms with van der Waals surface area (Å²) in [5.41, 5.74) is 30.4. The Labute approximate surface area is 357 Å². The van der Waals surface area contributed by atoms with Crippen LogP contribution in [0.15, 0.2) is 133 Å². The van der Waals surface area contributed by atoms with Crippen LogP contribution in [-0.2, 0) is 44.9 Å². The molecule has 0 spiro atoms. The molecule has 6 aromatic rings. The average molecular weight is 783 g/mol. The minimum atomic E-state index is 0.818. The zero-order valence-corrected chi connectivity index (χ0v) is 36.3. The van der Waals surface area contributed by atoms with Crippen molar-refractivity contribution in [2.45, 2.75) is 136 Å². The first kappa shape index (κ1) is 43.5. The molecule has 0 aliphatic heterocycles. The molecule has 0 unspecified atom stereocenters. The van der Waals surface area contributed by atoms with E-state index >= 15 is 0 Å². The maximum absolute atomic E-state index is 5.92. The molecule has 308 valence electrons. The van der Waals surface area contributed by atoms with Crippen molar-refractivity contribution in [2.75, 3.05) is 11.5 Å². The first-order valence-corrected chi connectivity index (χ1v) is 23.0. The Kier molecular flexibility index (Phi) is 17.3. The summed E-state index contributed by atoms with van der Waals surface area (Å²) in [6, 6.07) is 49.8. The van der Waals surface area contributed by atoms with E-state index in [-0.39, 0.29) is 0 Å². The predicted molar refractivity (Wildman–Crippen MR) is 256 cm³/mol. The molecule has 0 aromatic heterocycles. The highest BCUT2D eigenvalue weighted by Crippen LogP contribution is 2.26. The quantitative estimate of drug-likeness (QED) is 0.0474. The molecule has 0 radical (unpaired) electrons. The van der Waals surface area contributed by atoms with Gasteiger partial charge in [-0.2, -0.15) is 0 Å². The van der Waals surface area contributed by atoms with Crippen LogP contribution in [0, 0.1) is 0 Å². The van der Waals surface area contributed by atoms with E-state index in [0.717, 1.165) is 56.3 Å². The maximum Gasteiger partial charge on any atom is 0.0314 e. The highest BCUT2D eigenvalue weighted by Gasteiger charge is 2.11. The molecule has 0 bridgehead atoms. The first-order chi connectivity index (χ1) is 28.9. The monoisotopic (exact) mass is 783 g/mol. The Balaban J connectivity index is 1.16. The number of nitrogens with two attached hydrogens (primary N) is 2. The van der Waals surface area contributed by atoms with Gasteiger partial charge in [-0.15, -0.1) is 0 Å². The molecule has 0 amide bonds. The fourth-order valence-electron chi connectivity index (χ4n) is 8.55. The molecule has 0 aliphatic carbocycles.